The molecule has 0 aromatic carbocycles. The summed E-state index contributed by atoms with van der Waals surface area (Å²) in [6.07, 6.45) is 2.07. The standard InChI is InChI=1S/C9H17N5O/c1-3-9(2,15)5-11-7-4-8(14-10)13-6-12-7/h4,6,15H,3,5,10H2,1-2H3,(H2,11,12,13,14). The molecule has 84 valence electrons. The first kappa shape index (κ1) is 11.7. The third-order valence-electron chi connectivity index (χ3n) is 2.23. The normalized spacial score (nSPS) is 14.4. The highest BCUT2D eigenvalue weighted by molar-refractivity contribution is 5.45. The average Bonchev–Trinajstić information content (AvgIpc) is 2.27. The second kappa shape index (κ2) is 4.90. The minimum Gasteiger partial charge on any atom is -0.388 e. The molecule has 0 radical (unpaired) electrons. The van der Waals surface area contributed by atoms with Crippen LogP contribution >= 0.6 is 0 Å². The molecule has 5 N–H and O–H groups in total. The molecule has 0 amide bonds. The van der Waals surface area contributed by atoms with Crippen LogP contribution in [0.15, 0.2) is 12.4 Å². The summed E-state index contributed by atoms with van der Waals surface area (Å²) in [4.78, 5) is 7.87. The summed E-state index contributed by atoms with van der Waals surface area (Å²) in [7, 11) is 0. The van der Waals surface area contributed by atoms with E-state index in [4.69, 9.17) is 5.84 Å². The number of nitrogens with two attached hydrogens (primary N) is 1. The van der Waals surface area contributed by atoms with Crippen molar-refractivity contribution in [3.63, 3.8) is 0 Å². The molecule has 0 aliphatic rings. The van der Waals surface area contributed by atoms with Gasteiger partial charge in [-0.05, 0) is 13.3 Å². The zero-order chi connectivity index (χ0) is 11.3. The molecule has 1 unspecified atom stereocenters. The fraction of sp³-hybridized carbons (Fsp3) is 0.556. The molecule has 1 aromatic heterocycles. The van der Waals surface area contributed by atoms with Crippen LogP contribution in [-0.4, -0.2) is 27.2 Å². The van der Waals surface area contributed by atoms with E-state index in [1.807, 2.05) is 6.92 Å². The molecule has 1 rings (SSSR count). The molecule has 0 saturated carbocycles. The van der Waals surface area contributed by atoms with Crippen molar-refractivity contribution in [1.29, 1.82) is 0 Å². The third-order valence-corrected chi connectivity index (χ3v) is 2.23. The molecule has 0 saturated heterocycles. The van der Waals surface area contributed by atoms with Crippen molar-refractivity contribution in [1.82, 2.24) is 9.97 Å². The number of hydrogen-bond donors (Lipinski definition) is 4. The molecule has 1 atom stereocenters. The maximum atomic E-state index is 9.76. The lowest BCUT2D eigenvalue weighted by atomic mass is 10.0. The van der Waals surface area contributed by atoms with E-state index in [1.54, 1.807) is 13.0 Å². The SMILES string of the molecule is CCC(C)(O)CNc1cc(NN)ncn1. The third kappa shape index (κ3) is 3.69. The average molecular weight is 211 g/mol. The Labute approximate surface area is 88.9 Å². The Bertz CT molecular complexity index is 315. The van der Waals surface area contributed by atoms with Crippen LogP contribution < -0.4 is 16.6 Å². The van der Waals surface area contributed by atoms with E-state index >= 15 is 0 Å². The summed E-state index contributed by atoms with van der Waals surface area (Å²) in [6, 6.07) is 1.67. The summed E-state index contributed by atoms with van der Waals surface area (Å²) in [5, 5.41) is 12.8. The minimum atomic E-state index is -0.735. The topological polar surface area (TPSA) is 96.1 Å². The number of hydrogen-bond acceptors (Lipinski definition) is 6. The van der Waals surface area contributed by atoms with Crippen molar-refractivity contribution in [3.8, 4) is 0 Å². The molecule has 6 heteroatoms. The first-order chi connectivity index (χ1) is 7.07. The Morgan fingerprint density at radius 1 is 1.47 bits per heavy atom. The quantitative estimate of drug-likeness (QED) is 0.414. The maximum absolute atomic E-state index is 9.76. The fourth-order valence-corrected chi connectivity index (χ4v) is 0.939. The highest BCUT2D eigenvalue weighted by Gasteiger charge is 2.16. The summed E-state index contributed by atoms with van der Waals surface area (Å²) in [5.41, 5.74) is 1.69. The van der Waals surface area contributed by atoms with Crippen molar-refractivity contribution in [3.05, 3.63) is 12.4 Å². The Morgan fingerprint density at radius 2 is 2.13 bits per heavy atom. The predicted molar refractivity (Wildman–Crippen MR) is 59.2 cm³/mol. The van der Waals surface area contributed by atoms with Crippen LogP contribution in [0.1, 0.15) is 20.3 Å². The molecular formula is C9H17N5O. The van der Waals surface area contributed by atoms with E-state index < -0.39 is 5.60 Å². The van der Waals surface area contributed by atoms with Crippen molar-refractivity contribution in [2.24, 2.45) is 5.84 Å². The lowest BCUT2D eigenvalue weighted by Crippen LogP contribution is -2.32. The van der Waals surface area contributed by atoms with Crippen LogP contribution in [0.4, 0.5) is 11.6 Å². The van der Waals surface area contributed by atoms with Crippen LogP contribution in [0.3, 0.4) is 0 Å². The van der Waals surface area contributed by atoms with E-state index in [1.165, 1.54) is 6.33 Å². The van der Waals surface area contributed by atoms with E-state index in [-0.39, 0.29) is 0 Å². The Balaban J connectivity index is 2.57. The first-order valence-electron chi connectivity index (χ1n) is 4.82. The van der Waals surface area contributed by atoms with Crippen LogP contribution in [-0.2, 0) is 0 Å². The second-order valence-corrected chi connectivity index (χ2v) is 3.64. The van der Waals surface area contributed by atoms with E-state index in [0.717, 1.165) is 0 Å². The van der Waals surface area contributed by atoms with Crippen molar-refractivity contribution in [2.45, 2.75) is 25.9 Å². The molecule has 1 heterocycles. The van der Waals surface area contributed by atoms with Gasteiger partial charge in [-0.3, -0.25) is 0 Å². The number of nitrogen functional groups attached to an aromatic ring is 1. The smallest absolute Gasteiger partial charge is 0.145 e. The van der Waals surface area contributed by atoms with Gasteiger partial charge in [-0.1, -0.05) is 6.92 Å². The molecule has 0 bridgehead atoms. The van der Waals surface area contributed by atoms with Crippen molar-refractivity contribution in [2.75, 3.05) is 17.3 Å². The van der Waals surface area contributed by atoms with Gasteiger partial charge in [-0.25, -0.2) is 15.8 Å². The fourth-order valence-electron chi connectivity index (χ4n) is 0.939. The van der Waals surface area contributed by atoms with Crippen LogP contribution in [0, 0.1) is 0 Å². The van der Waals surface area contributed by atoms with Crippen LogP contribution in [0.2, 0.25) is 0 Å². The first-order valence-corrected chi connectivity index (χ1v) is 4.82. The van der Waals surface area contributed by atoms with Gasteiger partial charge in [-0.2, -0.15) is 0 Å². The van der Waals surface area contributed by atoms with Crippen LogP contribution in [0.25, 0.3) is 0 Å². The predicted octanol–water partition coefficient (Wildman–Crippen LogP) is 0.335. The highest BCUT2D eigenvalue weighted by Crippen LogP contribution is 2.11. The van der Waals surface area contributed by atoms with E-state index in [0.29, 0.717) is 24.6 Å². The van der Waals surface area contributed by atoms with Crippen LogP contribution in [0.5, 0.6) is 0 Å². The zero-order valence-corrected chi connectivity index (χ0v) is 8.99. The van der Waals surface area contributed by atoms with Gasteiger partial charge in [-0.15, -0.1) is 0 Å². The number of nitrogens with zero attached hydrogens (tertiary/aromatic N) is 2. The summed E-state index contributed by atoms with van der Waals surface area (Å²) in [5.74, 6) is 6.37. The highest BCUT2D eigenvalue weighted by atomic mass is 16.3. The number of anilines is 2. The van der Waals surface area contributed by atoms with Gasteiger partial charge in [0.2, 0.25) is 0 Å². The number of aromatic nitrogens is 2. The van der Waals surface area contributed by atoms with Gasteiger partial charge < -0.3 is 15.8 Å². The number of aliphatic hydroxyl groups is 1. The van der Waals surface area contributed by atoms with Gasteiger partial charge >= 0.3 is 0 Å². The molecular weight excluding hydrogens is 194 g/mol. The Morgan fingerprint density at radius 3 is 2.73 bits per heavy atom. The minimum absolute atomic E-state index is 0.435. The molecule has 1 aromatic rings. The monoisotopic (exact) mass is 211 g/mol. The van der Waals surface area contributed by atoms with E-state index in [9.17, 15) is 5.11 Å². The van der Waals surface area contributed by atoms with Gasteiger partial charge in [0, 0.05) is 12.6 Å². The second-order valence-electron chi connectivity index (χ2n) is 3.64. The van der Waals surface area contributed by atoms with E-state index in [2.05, 4.69) is 20.7 Å². The molecule has 6 nitrogen and oxygen atoms in total. The Hall–Kier alpha value is -1.40. The largest absolute Gasteiger partial charge is 0.388 e. The molecule has 0 spiro atoms. The number of nitrogens with one attached hydrogen (secondary N) is 2. The summed E-state index contributed by atoms with van der Waals surface area (Å²) < 4.78 is 0. The van der Waals surface area contributed by atoms with Gasteiger partial charge in [0.15, 0.2) is 0 Å². The van der Waals surface area contributed by atoms with Crippen molar-refractivity contribution >= 4 is 11.6 Å². The summed E-state index contributed by atoms with van der Waals surface area (Å²) >= 11 is 0. The molecule has 15 heavy (non-hydrogen) atoms. The number of hydrazine groups is 1. The molecule has 0 aliphatic heterocycles. The van der Waals surface area contributed by atoms with Crippen molar-refractivity contribution < 1.29 is 5.11 Å². The van der Waals surface area contributed by atoms with Gasteiger partial charge in [0.1, 0.15) is 18.0 Å². The molecule has 0 fully saturated rings. The lowest BCUT2D eigenvalue weighted by molar-refractivity contribution is 0.0696. The Kier molecular flexibility index (Phi) is 3.81. The maximum Gasteiger partial charge on any atom is 0.145 e. The zero-order valence-electron chi connectivity index (χ0n) is 8.99. The molecule has 0 aliphatic carbocycles. The number of rotatable bonds is 5. The van der Waals surface area contributed by atoms with Gasteiger partial charge in [0.05, 0.1) is 5.60 Å². The lowest BCUT2D eigenvalue weighted by Gasteiger charge is -2.21. The van der Waals surface area contributed by atoms with Gasteiger partial charge in [0.25, 0.3) is 0 Å². The summed E-state index contributed by atoms with van der Waals surface area (Å²) in [6.45, 7) is 4.13.